The minimum Gasteiger partial charge on any atom is -0.481 e. The summed E-state index contributed by atoms with van der Waals surface area (Å²) in [5, 5.41) is 20.7. The molecule has 1 N–H and O–H groups in total. The van der Waals surface area contributed by atoms with Crippen molar-refractivity contribution in [2.24, 2.45) is 0 Å². The highest BCUT2D eigenvalue weighted by Crippen LogP contribution is 2.29. The molecule has 2 aromatic rings. The molecule has 0 fully saturated rings. The van der Waals surface area contributed by atoms with Crippen LogP contribution in [0.4, 0.5) is 5.69 Å². The van der Waals surface area contributed by atoms with E-state index in [2.05, 4.69) is 0 Å². The molecule has 5 nitrogen and oxygen atoms in total. The number of benzene rings is 2. The lowest BCUT2D eigenvalue weighted by atomic mass is 9.92. The van der Waals surface area contributed by atoms with E-state index in [0.717, 1.165) is 0 Å². The summed E-state index contributed by atoms with van der Waals surface area (Å²) in [7, 11) is 0. The molecule has 0 aliphatic rings. The van der Waals surface area contributed by atoms with Crippen LogP contribution in [-0.4, -0.2) is 16.0 Å². The van der Waals surface area contributed by atoms with Crippen LogP contribution in [-0.2, 0) is 11.2 Å². The first-order valence-electron chi connectivity index (χ1n) is 6.29. The molecule has 0 heterocycles. The van der Waals surface area contributed by atoms with E-state index in [4.69, 9.17) is 23.2 Å². The van der Waals surface area contributed by atoms with Gasteiger partial charge in [-0.25, -0.2) is 0 Å². The molecule has 0 aliphatic carbocycles. The Kier molecular flexibility index (Phi) is 5.00. The number of nitrogens with zero attached hydrogens (tertiary/aromatic N) is 1. The Balaban J connectivity index is 2.27. The summed E-state index contributed by atoms with van der Waals surface area (Å²) in [6, 6.07) is 10.5. The van der Waals surface area contributed by atoms with Crippen LogP contribution in [0.15, 0.2) is 42.5 Å². The van der Waals surface area contributed by atoms with Crippen LogP contribution in [0.2, 0.25) is 10.0 Å². The maximum atomic E-state index is 11.5. The van der Waals surface area contributed by atoms with Crippen LogP contribution in [0.3, 0.4) is 0 Å². The number of nitro groups is 1. The Morgan fingerprint density at radius 1 is 1.14 bits per heavy atom. The number of rotatable bonds is 5. The average molecular weight is 340 g/mol. The zero-order chi connectivity index (χ0) is 16.3. The number of carbonyl (C=O) groups is 1. The van der Waals surface area contributed by atoms with Gasteiger partial charge in [0.25, 0.3) is 5.69 Å². The predicted molar refractivity (Wildman–Crippen MR) is 83.6 cm³/mol. The van der Waals surface area contributed by atoms with Gasteiger partial charge in [-0.1, -0.05) is 41.4 Å². The van der Waals surface area contributed by atoms with E-state index in [9.17, 15) is 20.0 Å². The van der Waals surface area contributed by atoms with E-state index in [1.807, 2.05) is 0 Å². The summed E-state index contributed by atoms with van der Waals surface area (Å²) in [4.78, 5) is 21.6. The number of carboxylic acid groups (broad SMARTS) is 1. The first-order chi connectivity index (χ1) is 10.4. The van der Waals surface area contributed by atoms with Crippen molar-refractivity contribution in [3.63, 3.8) is 0 Å². The third-order valence-electron chi connectivity index (χ3n) is 3.23. The molecular weight excluding hydrogens is 329 g/mol. The Labute approximate surface area is 136 Å². The van der Waals surface area contributed by atoms with Crippen molar-refractivity contribution in [3.05, 3.63) is 73.8 Å². The van der Waals surface area contributed by atoms with Gasteiger partial charge < -0.3 is 5.11 Å². The van der Waals surface area contributed by atoms with Crippen LogP contribution in [0, 0.1) is 10.1 Å². The minimum absolute atomic E-state index is 0.0369. The largest absolute Gasteiger partial charge is 0.481 e. The van der Waals surface area contributed by atoms with Crippen LogP contribution < -0.4 is 0 Å². The Bertz CT molecular complexity index is 716. The van der Waals surface area contributed by atoms with Gasteiger partial charge in [-0.3, -0.25) is 14.9 Å². The Hall–Kier alpha value is -2.11. The van der Waals surface area contributed by atoms with Gasteiger partial charge in [-0.2, -0.15) is 0 Å². The molecule has 0 radical (unpaired) electrons. The lowest BCUT2D eigenvalue weighted by Crippen LogP contribution is -2.14. The number of non-ortho nitro benzene ring substituents is 1. The van der Waals surface area contributed by atoms with E-state index >= 15 is 0 Å². The van der Waals surface area contributed by atoms with Gasteiger partial charge in [-0.15, -0.1) is 0 Å². The number of hydrogen-bond acceptors (Lipinski definition) is 3. The third-order valence-corrected chi connectivity index (χ3v) is 3.97. The summed E-state index contributed by atoms with van der Waals surface area (Å²) in [5.74, 6) is -1.81. The van der Waals surface area contributed by atoms with Crippen LogP contribution in [0.25, 0.3) is 0 Å². The van der Waals surface area contributed by atoms with Crippen LogP contribution >= 0.6 is 23.2 Å². The molecule has 0 aromatic heterocycles. The lowest BCUT2D eigenvalue weighted by Gasteiger charge is -2.13. The maximum absolute atomic E-state index is 11.5. The lowest BCUT2D eigenvalue weighted by molar-refractivity contribution is -0.384. The van der Waals surface area contributed by atoms with E-state index in [-0.39, 0.29) is 17.1 Å². The summed E-state index contributed by atoms with van der Waals surface area (Å²) in [6.07, 6.45) is 0.200. The highest BCUT2D eigenvalue weighted by atomic mass is 35.5. The molecule has 0 bridgehead atoms. The zero-order valence-electron chi connectivity index (χ0n) is 11.2. The van der Waals surface area contributed by atoms with Crippen molar-refractivity contribution in [1.29, 1.82) is 0 Å². The highest BCUT2D eigenvalue weighted by Gasteiger charge is 2.21. The van der Waals surface area contributed by atoms with Crippen LogP contribution in [0.1, 0.15) is 17.0 Å². The van der Waals surface area contributed by atoms with Gasteiger partial charge in [0.2, 0.25) is 0 Å². The molecule has 22 heavy (non-hydrogen) atoms. The quantitative estimate of drug-likeness (QED) is 0.649. The van der Waals surface area contributed by atoms with E-state index in [1.165, 1.54) is 18.2 Å². The predicted octanol–water partition coefficient (Wildman–Crippen LogP) is 4.31. The third kappa shape index (κ3) is 3.75. The minimum atomic E-state index is -1.00. The van der Waals surface area contributed by atoms with Gasteiger partial charge in [0.1, 0.15) is 0 Å². The molecule has 0 spiro atoms. The molecular formula is C15H11Cl2NO4. The number of carboxylic acids is 1. The molecule has 1 unspecified atom stereocenters. The molecule has 0 amide bonds. The van der Waals surface area contributed by atoms with Gasteiger partial charge in [0.15, 0.2) is 0 Å². The first kappa shape index (κ1) is 16.3. The average Bonchev–Trinajstić information content (AvgIpc) is 2.48. The Morgan fingerprint density at radius 2 is 1.77 bits per heavy atom. The van der Waals surface area contributed by atoms with Crippen molar-refractivity contribution in [1.82, 2.24) is 0 Å². The van der Waals surface area contributed by atoms with Crippen molar-refractivity contribution in [2.75, 3.05) is 0 Å². The van der Waals surface area contributed by atoms with Crippen molar-refractivity contribution < 1.29 is 14.8 Å². The second-order valence-electron chi connectivity index (χ2n) is 4.69. The van der Waals surface area contributed by atoms with Crippen LogP contribution in [0.5, 0.6) is 0 Å². The second kappa shape index (κ2) is 6.77. The van der Waals surface area contributed by atoms with Crippen molar-refractivity contribution in [3.8, 4) is 0 Å². The monoisotopic (exact) mass is 339 g/mol. The SMILES string of the molecule is O=C(O)C(Cc1ccc([N+](=O)[O-])cc1)c1ccc(Cl)c(Cl)c1. The second-order valence-corrected chi connectivity index (χ2v) is 5.51. The fraction of sp³-hybridized carbons (Fsp3) is 0.133. The molecule has 0 saturated heterocycles. The molecule has 0 aliphatic heterocycles. The van der Waals surface area contributed by atoms with E-state index in [1.54, 1.807) is 24.3 Å². The zero-order valence-corrected chi connectivity index (χ0v) is 12.7. The van der Waals surface area contributed by atoms with E-state index in [0.29, 0.717) is 16.1 Å². The van der Waals surface area contributed by atoms with Crippen molar-refractivity contribution >= 4 is 34.9 Å². The van der Waals surface area contributed by atoms with Gasteiger partial charge in [-0.05, 0) is 29.7 Å². The fourth-order valence-electron chi connectivity index (χ4n) is 2.07. The Morgan fingerprint density at radius 3 is 2.27 bits per heavy atom. The standard InChI is InChI=1S/C15H11Cl2NO4/c16-13-6-3-10(8-14(13)17)12(15(19)20)7-9-1-4-11(5-2-9)18(21)22/h1-6,8,12H,7H2,(H,19,20). The smallest absolute Gasteiger partial charge is 0.311 e. The summed E-state index contributed by atoms with van der Waals surface area (Å²) >= 11 is 11.8. The summed E-state index contributed by atoms with van der Waals surface area (Å²) in [5.41, 5.74) is 1.18. The fourth-order valence-corrected chi connectivity index (χ4v) is 2.37. The van der Waals surface area contributed by atoms with Gasteiger partial charge >= 0.3 is 5.97 Å². The molecule has 2 aromatic carbocycles. The summed E-state index contributed by atoms with van der Waals surface area (Å²) in [6.45, 7) is 0. The molecule has 7 heteroatoms. The first-order valence-corrected chi connectivity index (χ1v) is 7.05. The highest BCUT2D eigenvalue weighted by molar-refractivity contribution is 6.42. The number of aliphatic carboxylic acids is 1. The number of hydrogen-bond donors (Lipinski definition) is 1. The van der Waals surface area contributed by atoms with Gasteiger partial charge in [0, 0.05) is 12.1 Å². The molecule has 2 rings (SSSR count). The van der Waals surface area contributed by atoms with Crippen molar-refractivity contribution in [2.45, 2.75) is 12.3 Å². The number of halogens is 2. The normalized spacial score (nSPS) is 11.9. The molecule has 0 saturated carbocycles. The molecule has 1 atom stereocenters. The number of nitro benzene ring substituents is 1. The van der Waals surface area contributed by atoms with E-state index < -0.39 is 16.8 Å². The molecule has 114 valence electrons. The van der Waals surface area contributed by atoms with Gasteiger partial charge in [0.05, 0.1) is 20.9 Å². The summed E-state index contributed by atoms with van der Waals surface area (Å²) < 4.78 is 0. The maximum Gasteiger partial charge on any atom is 0.311 e. The topological polar surface area (TPSA) is 80.4 Å².